The third-order valence-corrected chi connectivity index (χ3v) is 5.20. The topological polar surface area (TPSA) is 114 Å². The fourth-order valence-electron chi connectivity index (χ4n) is 3.42. The number of hydrogen-bond donors (Lipinski definition) is 1. The number of benzene rings is 3. The normalized spacial score (nSPS) is 14.1. The van der Waals surface area contributed by atoms with Crippen LogP contribution in [0, 0.1) is 0 Å². The van der Waals surface area contributed by atoms with E-state index in [2.05, 4.69) is 10.5 Å². The van der Waals surface area contributed by atoms with Crippen molar-refractivity contribution in [3.05, 3.63) is 71.8 Å². The molecule has 0 saturated carbocycles. The van der Waals surface area contributed by atoms with Crippen molar-refractivity contribution in [3.63, 3.8) is 0 Å². The number of hydrogen-bond acceptors (Lipinski definition) is 9. The van der Waals surface area contributed by atoms with E-state index in [4.69, 9.17) is 28.4 Å². The first-order valence-corrected chi connectivity index (χ1v) is 10.9. The van der Waals surface area contributed by atoms with Gasteiger partial charge in [-0.1, -0.05) is 24.3 Å². The lowest BCUT2D eigenvalue weighted by molar-refractivity contribution is -0.130. The van der Waals surface area contributed by atoms with E-state index in [9.17, 15) is 9.59 Å². The standard InChI is InChI=1S/C26H24N2O8/c1-31-21-12-17(13-22(32-2)24(21)33-3)26(30)36-18-9-5-4-8-16(18)14-27-28-25(29)23-15-34-19-10-6-7-11-20(19)35-23/h4-14,23H,15H2,1-3H3,(H,28,29)/b27-14-. The number of carbonyl (C=O) groups excluding carboxylic acids is 2. The number of fused-ring (bicyclic) bond motifs is 1. The quantitative estimate of drug-likeness (QED) is 0.221. The van der Waals surface area contributed by atoms with Crippen LogP contribution in [0.3, 0.4) is 0 Å². The first-order chi connectivity index (χ1) is 17.5. The predicted octanol–water partition coefficient (Wildman–Crippen LogP) is 3.22. The van der Waals surface area contributed by atoms with Gasteiger partial charge in [0, 0.05) is 5.56 Å². The summed E-state index contributed by atoms with van der Waals surface area (Å²) in [6.07, 6.45) is 0.512. The molecule has 1 N–H and O–H groups in total. The Kier molecular flexibility index (Phi) is 7.54. The van der Waals surface area contributed by atoms with Gasteiger partial charge >= 0.3 is 5.97 Å². The van der Waals surface area contributed by atoms with Gasteiger partial charge < -0.3 is 28.4 Å². The molecule has 0 saturated heterocycles. The minimum atomic E-state index is -0.856. The molecular weight excluding hydrogens is 468 g/mol. The SMILES string of the molecule is COc1cc(C(=O)Oc2ccccc2/C=N\NC(=O)C2COc3ccccc3O2)cc(OC)c1OC. The number of rotatable bonds is 8. The molecule has 0 radical (unpaired) electrons. The average molecular weight is 492 g/mol. The lowest BCUT2D eigenvalue weighted by atomic mass is 10.1. The molecule has 10 nitrogen and oxygen atoms in total. The first-order valence-electron chi connectivity index (χ1n) is 10.9. The summed E-state index contributed by atoms with van der Waals surface area (Å²) in [5, 5.41) is 3.98. The summed E-state index contributed by atoms with van der Waals surface area (Å²) in [5.74, 6) is 1.16. The van der Waals surface area contributed by atoms with E-state index < -0.39 is 18.0 Å². The number of methoxy groups -OCH3 is 3. The molecule has 1 heterocycles. The zero-order chi connectivity index (χ0) is 25.5. The van der Waals surface area contributed by atoms with Gasteiger partial charge in [0.15, 0.2) is 23.0 Å². The van der Waals surface area contributed by atoms with Crippen LogP contribution in [0.1, 0.15) is 15.9 Å². The van der Waals surface area contributed by atoms with E-state index in [1.54, 1.807) is 42.5 Å². The largest absolute Gasteiger partial charge is 0.493 e. The van der Waals surface area contributed by atoms with Crippen LogP contribution in [0.4, 0.5) is 0 Å². The highest BCUT2D eigenvalue weighted by Gasteiger charge is 2.27. The maximum atomic E-state index is 12.9. The minimum Gasteiger partial charge on any atom is -0.493 e. The van der Waals surface area contributed by atoms with Gasteiger partial charge in [0.25, 0.3) is 5.91 Å². The fourth-order valence-corrected chi connectivity index (χ4v) is 3.42. The Bertz CT molecular complexity index is 1270. The maximum Gasteiger partial charge on any atom is 0.343 e. The van der Waals surface area contributed by atoms with Gasteiger partial charge in [-0.25, -0.2) is 10.2 Å². The van der Waals surface area contributed by atoms with E-state index in [-0.39, 0.29) is 17.9 Å². The summed E-state index contributed by atoms with van der Waals surface area (Å²) >= 11 is 0. The smallest absolute Gasteiger partial charge is 0.343 e. The summed E-state index contributed by atoms with van der Waals surface area (Å²) in [5.41, 5.74) is 3.08. The molecule has 10 heteroatoms. The molecule has 1 unspecified atom stereocenters. The molecule has 1 atom stereocenters. The van der Waals surface area contributed by atoms with Crippen LogP contribution in [-0.2, 0) is 4.79 Å². The Balaban J connectivity index is 1.44. The second-order valence-corrected chi connectivity index (χ2v) is 7.44. The van der Waals surface area contributed by atoms with E-state index in [1.807, 2.05) is 6.07 Å². The third kappa shape index (κ3) is 5.33. The number of nitrogens with one attached hydrogen (secondary N) is 1. The monoisotopic (exact) mass is 492 g/mol. The van der Waals surface area contributed by atoms with Crippen LogP contribution in [0.25, 0.3) is 0 Å². The van der Waals surface area contributed by atoms with Crippen molar-refractivity contribution < 1.29 is 38.0 Å². The van der Waals surface area contributed by atoms with Crippen LogP contribution in [0.2, 0.25) is 0 Å². The van der Waals surface area contributed by atoms with Crippen LogP contribution in [0.15, 0.2) is 65.8 Å². The van der Waals surface area contributed by atoms with Gasteiger partial charge in [-0.15, -0.1) is 0 Å². The molecule has 0 spiro atoms. The lowest BCUT2D eigenvalue weighted by Crippen LogP contribution is -2.42. The third-order valence-electron chi connectivity index (χ3n) is 5.20. The van der Waals surface area contributed by atoms with Crippen molar-refractivity contribution in [2.24, 2.45) is 5.10 Å². The molecule has 0 fully saturated rings. The van der Waals surface area contributed by atoms with Gasteiger partial charge in [-0.3, -0.25) is 4.79 Å². The summed E-state index contributed by atoms with van der Waals surface area (Å²) in [4.78, 5) is 25.3. The van der Waals surface area contributed by atoms with Crippen molar-refractivity contribution in [2.75, 3.05) is 27.9 Å². The fraction of sp³-hybridized carbons (Fsp3) is 0.192. The summed E-state index contributed by atoms with van der Waals surface area (Å²) < 4.78 is 32.7. The highest BCUT2D eigenvalue weighted by molar-refractivity contribution is 5.94. The van der Waals surface area contributed by atoms with Crippen LogP contribution in [-0.4, -0.2) is 52.1 Å². The summed E-state index contributed by atoms with van der Waals surface area (Å²) in [6, 6.07) is 16.8. The number of para-hydroxylation sites is 3. The van der Waals surface area contributed by atoms with Crippen molar-refractivity contribution in [1.82, 2.24) is 5.43 Å². The Morgan fingerprint density at radius 3 is 2.28 bits per heavy atom. The minimum absolute atomic E-state index is 0.0569. The average Bonchev–Trinajstić information content (AvgIpc) is 2.92. The van der Waals surface area contributed by atoms with Crippen molar-refractivity contribution in [2.45, 2.75) is 6.10 Å². The van der Waals surface area contributed by atoms with Gasteiger partial charge in [-0.2, -0.15) is 5.10 Å². The second kappa shape index (κ2) is 11.1. The zero-order valence-electron chi connectivity index (χ0n) is 19.8. The van der Waals surface area contributed by atoms with E-state index in [1.165, 1.54) is 39.7 Å². The van der Waals surface area contributed by atoms with Crippen LogP contribution >= 0.6 is 0 Å². The van der Waals surface area contributed by atoms with Crippen LogP contribution < -0.4 is 33.8 Å². The second-order valence-electron chi connectivity index (χ2n) is 7.44. The van der Waals surface area contributed by atoms with Gasteiger partial charge in [-0.05, 0) is 36.4 Å². The van der Waals surface area contributed by atoms with E-state index >= 15 is 0 Å². The molecule has 0 aromatic heterocycles. The van der Waals surface area contributed by atoms with Crippen LogP contribution in [0.5, 0.6) is 34.5 Å². The molecule has 0 bridgehead atoms. The van der Waals surface area contributed by atoms with Crippen molar-refractivity contribution >= 4 is 18.1 Å². The predicted molar refractivity (Wildman–Crippen MR) is 130 cm³/mol. The number of nitrogens with zero attached hydrogens (tertiary/aromatic N) is 1. The molecule has 3 aromatic rings. The Morgan fingerprint density at radius 1 is 0.917 bits per heavy atom. The summed E-state index contributed by atoms with van der Waals surface area (Å²) in [6.45, 7) is 0.0569. The number of hydrazone groups is 1. The molecule has 3 aromatic carbocycles. The molecule has 186 valence electrons. The number of ether oxygens (including phenoxy) is 6. The summed E-state index contributed by atoms with van der Waals surface area (Å²) in [7, 11) is 4.38. The molecular formula is C26H24N2O8. The van der Waals surface area contributed by atoms with E-state index in [0.29, 0.717) is 34.3 Å². The number of esters is 1. The molecule has 0 aliphatic carbocycles. The Morgan fingerprint density at radius 2 is 1.58 bits per heavy atom. The number of amides is 1. The van der Waals surface area contributed by atoms with Gasteiger partial charge in [0.1, 0.15) is 12.4 Å². The van der Waals surface area contributed by atoms with Crippen molar-refractivity contribution in [3.8, 4) is 34.5 Å². The van der Waals surface area contributed by atoms with E-state index in [0.717, 1.165) is 0 Å². The molecule has 4 rings (SSSR count). The van der Waals surface area contributed by atoms with Crippen molar-refractivity contribution in [1.29, 1.82) is 0 Å². The molecule has 36 heavy (non-hydrogen) atoms. The highest BCUT2D eigenvalue weighted by atomic mass is 16.6. The molecule has 1 amide bonds. The Labute approximate surface area is 207 Å². The maximum absolute atomic E-state index is 12.9. The highest BCUT2D eigenvalue weighted by Crippen LogP contribution is 2.38. The number of carbonyl (C=O) groups is 2. The first kappa shape index (κ1) is 24.4. The Hall–Kier alpha value is -4.73. The zero-order valence-corrected chi connectivity index (χ0v) is 19.8. The molecule has 1 aliphatic rings. The van der Waals surface area contributed by atoms with Gasteiger partial charge in [0.05, 0.1) is 33.1 Å². The lowest BCUT2D eigenvalue weighted by Gasteiger charge is -2.24. The molecule has 1 aliphatic heterocycles. The van der Waals surface area contributed by atoms with Gasteiger partial charge in [0.2, 0.25) is 11.9 Å².